The van der Waals surface area contributed by atoms with E-state index in [0.29, 0.717) is 5.41 Å². The normalized spacial score (nSPS) is 23.8. The molecule has 0 unspecified atom stereocenters. The van der Waals surface area contributed by atoms with Crippen LogP contribution in [0.2, 0.25) is 0 Å². The quantitative estimate of drug-likeness (QED) is 0.863. The molecule has 1 N–H and O–H groups in total. The van der Waals surface area contributed by atoms with Crippen LogP contribution < -0.4 is 5.32 Å². The minimum Gasteiger partial charge on any atom is -0.316 e. The second kappa shape index (κ2) is 4.45. The summed E-state index contributed by atoms with van der Waals surface area (Å²) in [6.45, 7) is 2.49. The van der Waals surface area contributed by atoms with Crippen molar-refractivity contribution in [3.63, 3.8) is 0 Å². The van der Waals surface area contributed by atoms with Crippen LogP contribution in [0.5, 0.6) is 0 Å². The van der Waals surface area contributed by atoms with Crippen LogP contribution in [0.4, 0.5) is 0 Å². The number of rotatable bonds is 4. The molecule has 1 aliphatic carbocycles. The number of hydrogen-bond acceptors (Lipinski definition) is 2. The van der Waals surface area contributed by atoms with E-state index in [4.69, 9.17) is 0 Å². The van der Waals surface area contributed by atoms with Crippen molar-refractivity contribution in [3.05, 3.63) is 18.0 Å². The zero-order valence-electron chi connectivity index (χ0n) is 10.8. The predicted molar refractivity (Wildman–Crippen MR) is 68.8 cm³/mol. The lowest BCUT2D eigenvalue weighted by Crippen LogP contribution is -2.57. The Labute approximate surface area is 104 Å². The topological polar surface area (TPSA) is 29.9 Å². The van der Waals surface area contributed by atoms with Crippen LogP contribution in [-0.4, -0.2) is 22.9 Å². The molecule has 2 aliphatic rings. The fraction of sp³-hybridized carbons (Fsp3) is 0.786. The maximum atomic E-state index is 4.26. The molecule has 0 bridgehead atoms. The summed E-state index contributed by atoms with van der Waals surface area (Å²) in [5.41, 5.74) is 2.00. The molecule has 1 saturated carbocycles. The van der Waals surface area contributed by atoms with E-state index >= 15 is 0 Å². The molecule has 17 heavy (non-hydrogen) atoms. The Bertz CT molecular complexity index is 373. The third-order valence-corrected chi connectivity index (χ3v) is 4.98. The van der Waals surface area contributed by atoms with Gasteiger partial charge in [0.05, 0.1) is 0 Å². The van der Waals surface area contributed by atoms with Crippen molar-refractivity contribution in [3.8, 4) is 0 Å². The summed E-state index contributed by atoms with van der Waals surface area (Å²) in [6.07, 6.45) is 10.3. The number of nitrogens with zero attached hydrogens (tertiary/aromatic N) is 2. The predicted octanol–water partition coefficient (Wildman–Crippen LogP) is 2.13. The monoisotopic (exact) mass is 233 g/mol. The third-order valence-electron chi connectivity index (χ3n) is 4.98. The van der Waals surface area contributed by atoms with Gasteiger partial charge < -0.3 is 5.32 Å². The van der Waals surface area contributed by atoms with Gasteiger partial charge in [0.2, 0.25) is 0 Å². The average molecular weight is 233 g/mol. The van der Waals surface area contributed by atoms with E-state index in [1.807, 2.05) is 10.9 Å². The minimum absolute atomic E-state index is 0.612. The van der Waals surface area contributed by atoms with Crippen LogP contribution in [0.25, 0.3) is 0 Å². The van der Waals surface area contributed by atoms with E-state index in [-0.39, 0.29) is 0 Å². The fourth-order valence-electron chi connectivity index (χ4n) is 3.68. The van der Waals surface area contributed by atoms with Crippen LogP contribution in [0.1, 0.15) is 37.8 Å². The zero-order chi connectivity index (χ0) is 11.7. The second-order valence-electron chi connectivity index (χ2n) is 5.89. The minimum atomic E-state index is 0.612. The highest BCUT2D eigenvalue weighted by molar-refractivity contribution is 5.05. The average Bonchev–Trinajstić information content (AvgIpc) is 2.89. The second-order valence-corrected chi connectivity index (χ2v) is 5.89. The van der Waals surface area contributed by atoms with Gasteiger partial charge in [-0.3, -0.25) is 4.68 Å². The molecule has 94 valence electrons. The molecule has 2 heterocycles. The van der Waals surface area contributed by atoms with Crippen molar-refractivity contribution in [1.29, 1.82) is 0 Å². The molecule has 1 aromatic heterocycles. The molecular weight excluding hydrogens is 210 g/mol. The van der Waals surface area contributed by atoms with E-state index in [9.17, 15) is 0 Å². The highest BCUT2D eigenvalue weighted by Gasteiger charge is 2.44. The van der Waals surface area contributed by atoms with E-state index < -0.39 is 0 Å². The van der Waals surface area contributed by atoms with Crippen molar-refractivity contribution in [2.24, 2.45) is 18.4 Å². The maximum absolute atomic E-state index is 4.26. The largest absolute Gasteiger partial charge is 0.316 e. The lowest BCUT2D eigenvalue weighted by Gasteiger charge is -2.47. The van der Waals surface area contributed by atoms with E-state index in [0.717, 1.165) is 5.92 Å². The van der Waals surface area contributed by atoms with Gasteiger partial charge in [0.15, 0.2) is 0 Å². The zero-order valence-corrected chi connectivity index (χ0v) is 10.8. The van der Waals surface area contributed by atoms with Crippen molar-refractivity contribution in [2.45, 2.75) is 38.5 Å². The first-order chi connectivity index (χ1) is 8.30. The molecule has 0 amide bonds. The molecule has 0 aromatic carbocycles. The summed E-state index contributed by atoms with van der Waals surface area (Å²) in [5.74, 6) is 0.983. The maximum Gasteiger partial charge on any atom is 0.0492 e. The van der Waals surface area contributed by atoms with Gasteiger partial charge >= 0.3 is 0 Å². The first-order valence-corrected chi connectivity index (χ1v) is 6.98. The van der Waals surface area contributed by atoms with E-state index in [1.54, 1.807) is 0 Å². The van der Waals surface area contributed by atoms with Gasteiger partial charge in [0.25, 0.3) is 0 Å². The number of nitrogens with one attached hydrogen (secondary N) is 1. The lowest BCUT2D eigenvalue weighted by atomic mass is 9.67. The molecular formula is C14H23N3. The van der Waals surface area contributed by atoms with Gasteiger partial charge in [-0.05, 0) is 43.1 Å². The van der Waals surface area contributed by atoms with Crippen LogP contribution in [0, 0.1) is 11.3 Å². The van der Waals surface area contributed by atoms with Gasteiger partial charge in [0.1, 0.15) is 0 Å². The van der Waals surface area contributed by atoms with Crippen LogP contribution in [-0.2, 0) is 13.5 Å². The molecule has 0 radical (unpaired) electrons. The van der Waals surface area contributed by atoms with Gasteiger partial charge in [-0.2, -0.15) is 5.10 Å². The van der Waals surface area contributed by atoms with E-state index in [2.05, 4.69) is 23.5 Å². The fourth-order valence-corrected chi connectivity index (χ4v) is 3.68. The third kappa shape index (κ3) is 2.01. The van der Waals surface area contributed by atoms with Gasteiger partial charge in [-0.1, -0.05) is 12.8 Å². The van der Waals surface area contributed by atoms with Crippen molar-refractivity contribution >= 4 is 0 Å². The van der Waals surface area contributed by atoms with Crippen molar-refractivity contribution < 1.29 is 0 Å². The molecule has 1 saturated heterocycles. The molecule has 1 aromatic rings. The Morgan fingerprint density at radius 2 is 2.18 bits per heavy atom. The Morgan fingerprint density at radius 1 is 1.41 bits per heavy atom. The standard InChI is InChI=1S/C14H23N3/c1-17-13(7-9-16-17)6-8-14(10-15-11-14)12-4-2-3-5-12/h7,9,12,15H,2-6,8,10-11H2,1H3. The summed E-state index contributed by atoms with van der Waals surface area (Å²) < 4.78 is 2.02. The van der Waals surface area contributed by atoms with Crippen molar-refractivity contribution in [1.82, 2.24) is 15.1 Å². The molecule has 3 nitrogen and oxygen atoms in total. The lowest BCUT2D eigenvalue weighted by molar-refractivity contribution is 0.0697. The number of hydrogen-bond donors (Lipinski definition) is 1. The Kier molecular flexibility index (Phi) is 2.95. The first-order valence-electron chi connectivity index (χ1n) is 6.98. The summed E-state index contributed by atoms with van der Waals surface area (Å²) >= 11 is 0. The Hall–Kier alpha value is -0.830. The summed E-state index contributed by atoms with van der Waals surface area (Å²) in [6, 6.07) is 2.16. The van der Waals surface area contributed by atoms with Crippen LogP contribution >= 0.6 is 0 Å². The van der Waals surface area contributed by atoms with Crippen LogP contribution in [0.3, 0.4) is 0 Å². The molecule has 3 heteroatoms. The smallest absolute Gasteiger partial charge is 0.0492 e. The van der Waals surface area contributed by atoms with Gasteiger partial charge in [-0.15, -0.1) is 0 Å². The highest BCUT2D eigenvalue weighted by Crippen LogP contribution is 2.45. The van der Waals surface area contributed by atoms with E-state index in [1.165, 1.54) is 57.3 Å². The molecule has 0 atom stereocenters. The SMILES string of the molecule is Cn1nccc1CCC1(C2CCCC2)CNC1. The molecule has 1 aliphatic heterocycles. The molecule has 3 rings (SSSR count). The summed E-state index contributed by atoms with van der Waals surface area (Å²) in [5, 5.41) is 7.76. The Morgan fingerprint density at radius 3 is 2.71 bits per heavy atom. The highest BCUT2D eigenvalue weighted by atomic mass is 15.2. The van der Waals surface area contributed by atoms with Crippen molar-refractivity contribution in [2.75, 3.05) is 13.1 Å². The number of aromatic nitrogens is 2. The van der Waals surface area contributed by atoms with Gasteiger partial charge in [0, 0.05) is 32.0 Å². The molecule has 0 spiro atoms. The first kappa shape index (κ1) is 11.3. The number of aryl methyl sites for hydroxylation is 2. The summed E-state index contributed by atoms with van der Waals surface area (Å²) in [4.78, 5) is 0. The van der Waals surface area contributed by atoms with Gasteiger partial charge in [-0.25, -0.2) is 0 Å². The Balaban J connectivity index is 1.64. The molecule has 2 fully saturated rings. The van der Waals surface area contributed by atoms with Crippen LogP contribution in [0.15, 0.2) is 12.3 Å². The summed E-state index contributed by atoms with van der Waals surface area (Å²) in [7, 11) is 2.05.